The van der Waals surface area contributed by atoms with Crippen LogP contribution in [0.25, 0.3) is 10.9 Å². The van der Waals surface area contributed by atoms with Crippen LogP contribution in [0.3, 0.4) is 0 Å². The molecular weight excluding hydrogens is 465 g/mol. The molecule has 0 saturated carbocycles. The number of H-pyrrole nitrogens is 1. The molecule has 0 bridgehead atoms. The van der Waals surface area contributed by atoms with Gasteiger partial charge >= 0.3 is 0 Å². The van der Waals surface area contributed by atoms with Crippen LogP contribution >= 0.6 is 34.8 Å². The zero-order valence-electron chi connectivity index (χ0n) is 16.2. The summed E-state index contributed by atoms with van der Waals surface area (Å²) in [6.45, 7) is 2.48. The summed E-state index contributed by atoms with van der Waals surface area (Å²) in [5.74, 6) is 0. The second-order valence-electron chi connectivity index (χ2n) is 7.59. The van der Waals surface area contributed by atoms with E-state index in [9.17, 15) is 8.42 Å². The fraction of sp³-hybridized carbons (Fsp3) is 0.333. The van der Waals surface area contributed by atoms with E-state index in [0.29, 0.717) is 11.6 Å². The zero-order valence-corrected chi connectivity index (χ0v) is 19.3. The standard InChI is InChI=1S/C21H22Cl3N3O2S/c22-15-3-6-21-18(10-15)14(12-25-21)2-1-8-27-9-7-16(13-27)26-30(28,29)17-4-5-19(23)20(24)11-17/h3-6,10-12,16,25-26H,1-2,7-9,13H2. The highest BCUT2D eigenvalue weighted by atomic mass is 35.5. The van der Waals surface area contributed by atoms with Crippen LogP contribution in [0.2, 0.25) is 15.1 Å². The van der Waals surface area contributed by atoms with E-state index in [0.717, 1.165) is 48.3 Å². The normalized spacial score (nSPS) is 17.8. The van der Waals surface area contributed by atoms with Gasteiger partial charge in [0.1, 0.15) is 0 Å². The van der Waals surface area contributed by atoms with Crippen LogP contribution in [-0.4, -0.2) is 44.0 Å². The molecule has 5 nitrogen and oxygen atoms in total. The number of benzene rings is 2. The maximum atomic E-state index is 12.6. The molecule has 1 aromatic heterocycles. The summed E-state index contributed by atoms with van der Waals surface area (Å²) in [5.41, 5.74) is 2.34. The van der Waals surface area contributed by atoms with Crippen molar-refractivity contribution in [2.75, 3.05) is 19.6 Å². The highest BCUT2D eigenvalue weighted by Gasteiger charge is 2.27. The quantitative estimate of drug-likeness (QED) is 0.487. The fourth-order valence-electron chi connectivity index (χ4n) is 3.91. The molecule has 3 aromatic rings. The number of nitrogens with one attached hydrogen (secondary N) is 2. The summed E-state index contributed by atoms with van der Waals surface area (Å²) >= 11 is 18.0. The Balaban J connectivity index is 1.30. The van der Waals surface area contributed by atoms with E-state index in [1.807, 2.05) is 24.4 Å². The van der Waals surface area contributed by atoms with E-state index in [-0.39, 0.29) is 16.0 Å². The highest BCUT2D eigenvalue weighted by Crippen LogP contribution is 2.26. The molecular formula is C21H22Cl3N3O2S. The topological polar surface area (TPSA) is 65.2 Å². The van der Waals surface area contributed by atoms with Gasteiger partial charge in [-0.25, -0.2) is 13.1 Å². The van der Waals surface area contributed by atoms with E-state index in [4.69, 9.17) is 34.8 Å². The van der Waals surface area contributed by atoms with Crippen molar-refractivity contribution >= 4 is 55.7 Å². The molecule has 4 rings (SSSR count). The number of aromatic nitrogens is 1. The molecule has 9 heteroatoms. The second kappa shape index (κ2) is 9.07. The summed E-state index contributed by atoms with van der Waals surface area (Å²) in [6.07, 6.45) is 4.75. The van der Waals surface area contributed by atoms with Gasteiger partial charge in [-0.3, -0.25) is 0 Å². The Labute approximate surface area is 191 Å². The van der Waals surface area contributed by atoms with Gasteiger partial charge in [-0.1, -0.05) is 34.8 Å². The van der Waals surface area contributed by atoms with E-state index < -0.39 is 10.0 Å². The van der Waals surface area contributed by atoms with Gasteiger partial charge in [-0.15, -0.1) is 0 Å². The first-order valence-electron chi connectivity index (χ1n) is 9.77. The highest BCUT2D eigenvalue weighted by molar-refractivity contribution is 7.89. The number of likely N-dealkylation sites (tertiary alicyclic amines) is 1. The van der Waals surface area contributed by atoms with Crippen LogP contribution in [0.5, 0.6) is 0 Å². The van der Waals surface area contributed by atoms with E-state index in [1.165, 1.54) is 23.8 Å². The Morgan fingerprint density at radius 1 is 1.10 bits per heavy atom. The first kappa shape index (κ1) is 21.9. The lowest BCUT2D eigenvalue weighted by molar-refractivity contribution is 0.327. The number of aryl methyl sites for hydroxylation is 1. The van der Waals surface area contributed by atoms with Crippen LogP contribution in [0.15, 0.2) is 47.5 Å². The fourth-order valence-corrected chi connectivity index (χ4v) is 5.74. The molecule has 1 aliphatic rings. The minimum absolute atomic E-state index is 0.114. The number of hydrogen-bond donors (Lipinski definition) is 2. The Morgan fingerprint density at radius 2 is 1.93 bits per heavy atom. The summed E-state index contributed by atoms with van der Waals surface area (Å²) in [6, 6.07) is 10.1. The molecule has 1 unspecified atom stereocenters. The predicted molar refractivity (Wildman–Crippen MR) is 123 cm³/mol. The smallest absolute Gasteiger partial charge is 0.240 e. The van der Waals surface area contributed by atoms with Crippen LogP contribution in [0.1, 0.15) is 18.4 Å². The number of sulfonamides is 1. The van der Waals surface area contributed by atoms with Crippen LogP contribution in [-0.2, 0) is 16.4 Å². The molecule has 0 radical (unpaired) electrons. The Kier molecular flexibility index (Phi) is 6.63. The predicted octanol–water partition coefficient (Wildman–Crippen LogP) is 5.11. The maximum Gasteiger partial charge on any atom is 0.240 e. The molecule has 1 aliphatic heterocycles. The Hall–Kier alpha value is -1.28. The van der Waals surface area contributed by atoms with Crippen molar-refractivity contribution in [2.45, 2.75) is 30.2 Å². The van der Waals surface area contributed by atoms with Crippen molar-refractivity contribution in [3.05, 3.63) is 63.2 Å². The first-order valence-corrected chi connectivity index (χ1v) is 12.4. The van der Waals surface area contributed by atoms with Crippen LogP contribution < -0.4 is 4.72 Å². The lowest BCUT2D eigenvalue weighted by Crippen LogP contribution is -2.37. The molecule has 1 saturated heterocycles. The molecule has 0 aliphatic carbocycles. The summed E-state index contributed by atoms with van der Waals surface area (Å²) in [4.78, 5) is 5.71. The first-order chi connectivity index (χ1) is 14.3. The van der Waals surface area contributed by atoms with Gasteiger partial charge in [0.25, 0.3) is 0 Å². The SMILES string of the molecule is O=S(=O)(NC1CCN(CCCc2c[nH]c3ccc(Cl)cc23)C1)c1ccc(Cl)c(Cl)c1. The lowest BCUT2D eigenvalue weighted by Gasteiger charge is -2.17. The number of fused-ring (bicyclic) bond motifs is 1. The van der Waals surface area contributed by atoms with Gasteiger partial charge < -0.3 is 9.88 Å². The molecule has 2 heterocycles. The molecule has 2 N–H and O–H groups in total. The Bertz CT molecular complexity index is 1160. The minimum atomic E-state index is -3.63. The van der Waals surface area contributed by atoms with Gasteiger partial charge in [-0.2, -0.15) is 0 Å². The molecule has 1 fully saturated rings. The number of aromatic amines is 1. The molecule has 2 aromatic carbocycles. The number of nitrogens with zero attached hydrogens (tertiary/aromatic N) is 1. The number of hydrogen-bond acceptors (Lipinski definition) is 3. The third-order valence-electron chi connectivity index (χ3n) is 5.45. The monoisotopic (exact) mass is 485 g/mol. The van der Waals surface area contributed by atoms with Crippen molar-refractivity contribution < 1.29 is 8.42 Å². The van der Waals surface area contributed by atoms with Crippen LogP contribution in [0.4, 0.5) is 0 Å². The average Bonchev–Trinajstić information content (AvgIpc) is 3.30. The van der Waals surface area contributed by atoms with Crippen molar-refractivity contribution in [1.29, 1.82) is 0 Å². The van der Waals surface area contributed by atoms with Crippen molar-refractivity contribution in [3.8, 4) is 0 Å². The molecule has 0 amide bonds. The maximum absolute atomic E-state index is 12.6. The third kappa shape index (κ3) is 4.96. The molecule has 1 atom stereocenters. The molecule has 30 heavy (non-hydrogen) atoms. The average molecular weight is 487 g/mol. The van der Waals surface area contributed by atoms with E-state index in [2.05, 4.69) is 14.6 Å². The number of rotatable bonds is 7. The molecule has 160 valence electrons. The third-order valence-corrected chi connectivity index (χ3v) is 7.94. The minimum Gasteiger partial charge on any atom is -0.361 e. The zero-order chi connectivity index (χ0) is 21.3. The van der Waals surface area contributed by atoms with Crippen molar-refractivity contribution in [3.63, 3.8) is 0 Å². The summed E-state index contributed by atoms with van der Waals surface area (Å²) in [5, 5.41) is 2.46. The molecule has 0 spiro atoms. The van der Waals surface area contributed by atoms with E-state index in [1.54, 1.807) is 0 Å². The van der Waals surface area contributed by atoms with Gasteiger partial charge in [0, 0.05) is 34.7 Å². The Morgan fingerprint density at radius 3 is 2.73 bits per heavy atom. The van der Waals surface area contributed by atoms with Crippen molar-refractivity contribution in [1.82, 2.24) is 14.6 Å². The summed E-state index contributed by atoms with van der Waals surface area (Å²) in [7, 11) is -3.63. The summed E-state index contributed by atoms with van der Waals surface area (Å²) < 4.78 is 28.1. The largest absolute Gasteiger partial charge is 0.361 e. The van der Waals surface area contributed by atoms with Gasteiger partial charge in [0.2, 0.25) is 10.0 Å². The second-order valence-corrected chi connectivity index (χ2v) is 10.6. The number of halogens is 3. The van der Waals surface area contributed by atoms with E-state index >= 15 is 0 Å². The van der Waals surface area contributed by atoms with Gasteiger partial charge in [0.05, 0.1) is 14.9 Å². The van der Waals surface area contributed by atoms with Crippen LogP contribution in [0, 0.1) is 0 Å². The van der Waals surface area contributed by atoms with Crippen molar-refractivity contribution in [2.24, 2.45) is 0 Å². The van der Waals surface area contributed by atoms with Gasteiger partial charge in [-0.05, 0) is 74.3 Å². The lowest BCUT2D eigenvalue weighted by atomic mass is 10.1. The van der Waals surface area contributed by atoms with Gasteiger partial charge in [0.15, 0.2) is 0 Å².